The van der Waals surface area contributed by atoms with Gasteiger partial charge >= 0.3 is 0 Å². The molecule has 8 nitrogen and oxygen atoms in total. The van der Waals surface area contributed by atoms with Crippen molar-refractivity contribution in [3.63, 3.8) is 0 Å². The van der Waals surface area contributed by atoms with Crippen LogP contribution in [-0.4, -0.2) is 45.3 Å². The molecule has 3 aromatic carbocycles. The van der Waals surface area contributed by atoms with E-state index in [1.165, 1.54) is 6.08 Å². The minimum atomic E-state index is -0.307. The molecule has 4 rings (SSSR count). The number of nitrogens with zero attached hydrogens (tertiary/aromatic N) is 1. The van der Waals surface area contributed by atoms with Crippen molar-refractivity contribution < 1.29 is 28.5 Å². The van der Waals surface area contributed by atoms with Crippen LogP contribution >= 0.6 is 0 Å². The van der Waals surface area contributed by atoms with E-state index >= 15 is 0 Å². The number of benzene rings is 3. The number of carbonyl (C=O) groups excluding carboxylic acids is 2. The summed E-state index contributed by atoms with van der Waals surface area (Å²) >= 11 is 0. The average Bonchev–Trinajstić information content (AvgIpc) is 2.92. The maximum Gasteiger partial charge on any atom is 0.265 e. The lowest BCUT2D eigenvalue weighted by molar-refractivity contribution is -0.121. The highest BCUT2D eigenvalue weighted by Crippen LogP contribution is 2.35. The Labute approximate surface area is 216 Å². The molecule has 0 aliphatic carbocycles. The highest BCUT2D eigenvalue weighted by molar-refractivity contribution is 6.03. The minimum absolute atomic E-state index is 0.0213. The van der Waals surface area contributed by atoms with E-state index in [0.717, 1.165) is 11.3 Å². The second-order valence-electron chi connectivity index (χ2n) is 8.20. The first kappa shape index (κ1) is 25.6. The van der Waals surface area contributed by atoms with Gasteiger partial charge in [-0.2, -0.15) is 0 Å². The number of carbonyl (C=O) groups is 2. The van der Waals surface area contributed by atoms with Crippen molar-refractivity contribution in [2.45, 2.75) is 13.3 Å². The normalized spacial score (nSPS) is 12.6. The van der Waals surface area contributed by atoms with Gasteiger partial charge in [-0.15, -0.1) is 0 Å². The van der Waals surface area contributed by atoms with Gasteiger partial charge in [0.1, 0.15) is 11.5 Å². The van der Waals surface area contributed by atoms with Crippen molar-refractivity contribution in [1.82, 2.24) is 0 Å². The third-order valence-electron chi connectivity index (χ3n) is 5.62. The van der Waals surface area contributed by atoms with E-state index in [1.54, 1.807) is 48.4 Å². The molecule has 0 radical (unpaired) electrons. The van der Waals surface area contributed by atoms with Crippen LogP contribution in [0.4, 0.5) is 11.4 Å². The molecule has 0 saturated heterocycles. The van der Waals surface area contributed by atoms with E-state index in [0.29, 0.717) is 54.8 Å². The molecule has 192 valence electrons. The number of amides is 2. The van der Waals surface area contributed by atoms with Crippen LogP contribution in [0, 0.1) is 0 Å². The molecule has 0 bridgehead atoms. The van der Waals surface area contributed by atoms with Crippen LogP contribution in [0.15, 0.2) is 72.8 Å². The number of nitrogens with one attached hydrogen (secondary N) is 1. The maximum atomic E-state index is 12.6. The Morgan fingerprint density at radius 2 is 1.89 bits per heavy atom. The van der Waals surface area contributed by atoms with Gasteiger partial charge in [-0.05, 0) is 67.4 Å². The lowest BCUT2D eigenvalue weighted by Gasteiger charge is -2.29. The predicted molar refractivity (Wildman–Crippen MR) is 143 cm³/mol. The molecule has 0 spiro atoms. The highest BCUT2D eigenvalue weighted by Gasteiger charge is 2.25. The number of hydrogen-bond donors (Lipinski definition) is 1. The molecule has 1 aliphatic heterocycles. The van der Waals surface area contributed by atoms with Crippen molar-refractivity contribution in [2.24, 2.45) is 0 Å². The smallest absolute Gasteiger partial charge is 0.265 e. The number of hydrogen-bond acceptors (Lipinski definition) is 6. The third kappa shape index (κ3) is 6.82. The van der Waals surface area contributed by atoms with Crippen molar-refractivity contribution in [1.29, 1.82) is 0 Å². The first-order chi connectivity index (χ1) is 18.1. The third-order valence-corrected chi connectivity index (χ3v) is 5.62. The van der Waals surface area contributed by atoms with Crippen molar-refractivity contribution in [3.05, 3.63) is 78.4 Å². The second-order valence-corrected chi connectivity index (χ2v) is 8.20. The van der Waals surface area contributed by atoms with E-state index in [4.69, 9.17) is 18.9 Å². The van der Waals surface area contributed by atoms with Crippen LogP contribution in [0.3, 0.4) is 0 Å². The van der Waals surface area contributed by atoms with Crippen molar-refractivity contribution >= 4 is 29.3 Å². The molecular formula is C29H30N2O6. The molecule has 0 unspecified atom stereocenters. The summed E-state index contributed by atoms with van der Waals surface area (Å²) in [5.74, 6) is 2.18. The molecule has 1 N–H and O–H groups in total. The summed E-state index contributed by atoms with van der Waals surface area (Å²) in [7, 11) is 1.57. The number of rotatable bonds is 11. The summed E-state index contributed by atoms with van der Waals surface area (Å²) < 4.78 is 22.2. The van der Waals surface area contributed by atoms with Gasteiger partial charge in [0.25, 0.3) is 5.91 Å². The summed E-state index contributed by atoms with van der Waals surface area (Å²) in [4.78, 5) is 26.8. The first-order valence-electron chi connectivity index (χ1n) is 12.1. The average molecular weight is 503 g/mol. The quantitative estimate of drug-likeness (QED) is 0.295. The van der Waals surface area contributed by atoms with E-state index in [2.05, 4.69) is 5.32 Å². The molecule has 3 aromatic rings. The van der Waals surface area contributed by atoms with Crippen LogP contribution in [0.25, 0.3) is 6.08 Å². The fourth-order valence-corrected chi connectivity index (χ4v) is 3.87. The Balaban J connectivity index is 1.38. The lowest BCUT2D eigenvalue weighted by atomic mass is 10.1. The summed E-state index contributed by atoms with van der Waals surface area (Å²) in [5, 5.41) is 2.85. The molecular weight excluding hydrogens is 472 g/mol. The van der Waals surface area contributed by atoms with E-state index in [9.17, 15) is 9.59 Å². The Kier molecular flexibility index (Phi) is 8.65. The minimum Gasteiger partial charge on any atom is -0.494 e. The molecule has 0 saturated carbocycles. The maximum absolute atomic E-state index is 12.6. The van der Waals surface area contributed by atoms with Gasteiger partial charge in [0.2, 0.25) is 5.91 Å². The Morgan fingerprint density at radius 1 is 1.05 bits per heavy atom. The monoisotopic (exact) mass is 502 g/mol. The van der Waals surface area contributed by atoms with Crippen LogP contribution in [0.1, 0.15) is 18.9 Å². The largest absolute Gasteiger partial charge is 0.494 e. The summed E-state index contributed by atoms with van der Waals surface area (Å²) in [6.45, 7) is 3.36. The SMILES string of the molecule is CCOc1ccc(/C=C/C(=O)Nc2ccc3c(c2)N(CCCOc2ccccc2)C(=O)CO3)cc1OC. The zero-order valence-corrected chi connectivity index (χ0v) is 20.9. The fourth-order valence-electron chi connectivity index (χ4n) is 3.87. The molecule has 0 aromatic heterocycles. The molecule has 37 heavy (non-hydrogen) atoms. The number of ether oxygens (including phenoxy) is 4. The first-order valence-corrected chi connectivity index (χ1v) is 12.1. The van der Waals surface area contributed by atoms with Crippen molar-refractivity contribution in [2.75, 3.05) is 43.7 Å². The predicted octanol–water partition coefficient (Wildman–Crippen LogP) is 4.94. The van der Waals surface area contributed by atoms with Gasteiger partial charge in [0, 0.05) is 18.3 Å². The molecule has 1 aliphatic rings. The number of anilines is 2. The standard InChI is InChI=1S/C29H30N2O6/c1-3-35-26-13-10-21(18-27(26)34-2)11-15-28(32)30-22-12-14-25-24(19-22)31(29(33)20-37-25)16-7-17-36-23-8-5-4-6-9-23/h4-6,8-15,18-19H,3,7,16-17,20H2,1-2H3,(H,30,32)/b15-11+. The van der Waals surface area contributed by atoms with Crippen molar-refractivity contribution in [3.8, 4) is 23.0 Å². The molecule has 8 heteroatoms. The van der Waals surface area contributed by atoms with Gasteiger partial charge in [-0.1, -0.05) is 24.3 Å². The number of methoxy groups -OCH3 is 1. The van der Waals surface area contributed by atoms with Gasteiger partial charge in [-0.25, -0.2) is 0 Å². The van der Waals surface area contributed by atoms with E-state index < -0.39 is 0 Å². The van der Waals surface area contributed by atoms with Gasteiger partial charge < -0.3 is 29.2 Å². The summed E-state index contributed by atoms with van der Waals surface area (Å²) in [5.41, 5.74) is 1.97. The topological polar surface area (TPSA) is 86.3 Å². The van der Waals surface area contributed by atoms with Crippen LogP contribution in [0.5, 0.6) is 23.0 Å². The number of fused-ring (bicyclic) bond motifs is 1. The van der Waals surface area contributed by atoms with Gasteiger partial charge in [-0.3, -0.25) is 9.59 Å². The molecule has 2 amide bonds. The Hall–Kier alpha value is -4.46. The Morgan fingerprint density at radius 3 is 2.68 bits per heavy atom. The summed E-state index contributed by atoms with van der Waals surface area (Å²) in [6.07, 6.45) is 3.78. The van der Waals surface area contributed by atoms with Crippen LogP contribution in [0.2, 0.25) is 0 Å². The Bertz CT molecular complexity index is 1260. The molecule has 0 fully saturated rings. The van der Waals surface area contributed by atoms with Gasteiger partial charge in [0.15, 0.2) is 18.1 Å². The lowest BCUT2D eigenvalue weighted by Crippen LogP contribution is -2.39. The van der Waals surface area contributed by atoms with E-state index in [1.807, 2.05) is 43.3 Å². The second kappa shape index (κ2) is 12.5. The summed E-state index contributed by atoms with van der Waals surface area (Å²) in [6, 6.07) is 20.2. The zero-order valence-electron chi connectivity index (χ0n) is 20.9. The number of para-hydroxylation sites is 1. The zero-order chi connectivity index (χ0) is 26.0. The molecule has 1 heterocycles. The fraction of sp³-hybridized carbons (Fsp3) is 0.241. The highest BCUT2D eigenvalue weighted by atomic mass is 16.5. The van der Waals surface area contributed by atoms with Gasteiger partial charge in [0.05, 0.1) is 26.0 Å². The van der Waals surface area contributed by atoms with Crippen LogP contribution < -0.4 is 29.2 Å². The van der Waals surface area contributed by atoms with E-state index in [-0.39, 0.29) is 18.4 Å². The molecule has 0 atom stereocenters. The van der Waals surface area contributed by atoms with Crippen LogP contribution in [-0.2, 0) is 9.59 Å².